The molecule has 2 N–H and O–H groups in total. The molecule has 1 saturated carbocycles. The van der Waals surface area contributed by atoms with Crippen molar-refractivity contribution >= 4 is 27.3 Å². The molecule has 2 fully saturated rings. The van der Waals surface area contributed by atoms with Crippen LogP contribution in [0.3, 0.4) is 0 Å². The molecule has 1 saturated heterocycles. The average Bonchev–Trinajstić information content (AvgIpc) is 3.34. The van der Waals surface area contributed by atoms with Crippen LogP contribution >= 0.6 is 11.6 Å². The predicted octanol–water partition coefficient (Wildman–Crippen LogP) is 1.65. The molecule has 1 amide bonds. The Balaban J connectivity index is 1.73. The van der Waals surface area contributed by atoms with Crippen LogP contribution in [0, 0.1) is 0 Å². The Morgan fingerprint density at radius 3 is 2.25 bits per heavy atom. The van der Waals surface area contributed by atoms with E-state index in [1.54, 1.807) is 0 Å². The Morgan fingerprint density at radius 2 is 1.75 bits per heavy atom. The van der Waals surface area contributed by atoms with Gasteiger partial charge in [-0.25, -0.2) is 8.42 Å². The van der Waals surface area contributed by atoms with Crippen LogP contribution in [0.2, 0.25) is 5.02 Å². The highest BCUT2D eigenvalue weighted by atomic mass is 35.5. The molecule has 0 spiro atoms. The van der Waals surface area contributed by atoms with Gasteiger partial charge in [0.1, 0.15) is 0 Å². The Kier molecular flexibility index (Phi) is 4.66. The van der Waals surface area contributed by atoms with E-state index in [9.17, 15) is 13.2 Å². The fourth-order valence-corrected chi connectivity index (χ4v) is 5.01. The molecule has 1 aromatic carbocycles. The van der Waals surface area contributed by atoms with E-state index >= 15 is 0 Å². The van der Waals surface area contributed by atoms with E-state index in [1.165, 1.54) is 6.26 Å². The van der Waals surface area contributed by atoms with Crippen molar-refractivity contribution in [2.24, 2.45) is 0 Å². The molecule has 0 radical (unpaired) electrons. The van der Waals surface area contributed by atoms with E-state index in [0.717, 1.165) is 18.4 Å². The van der Waals surface area contributed by atoms with Gasteiger partial charge >= 0.3 is 0 Å². The Hall–Kier alpha value is -1.11. The number of carbonyl (C=O) groups is 1. The summed E-state index contributed by atoms with van der Waals surface area (Å²) in [6, 6.07) is 7.67. The average molecular weight is 371 g/mol. The molecule has 0 atom stereocenters. The van der Waals surface area contributed by atoms with E-state index in [4.69, 9.17) is 11.6 Å². The summed E-state index contributed by atoms with van der Waals surface area (Å²) in [6.07, 6.45) is 3.80. The van der Waals surface area contributed by atoms with E-state index in [-0.39, 0.29) is 11.3 Å². The lowest BCUT2D eigenvalue weighted by Gasteiger charge is -2.35. The van der Waals surface area contributed by atoms with Crippen LogP contribution in [0.25, 0.3) is 0 Å². The van der Waals surface area contributed by atoms with Crippen molar-refractivity contribution in [3.8, 4) is 0 Å². The van der Waals surface area contributed by atoms with Crippen molar-refractivity contribution in [2.75, 3.05) is 25.9 Å². The van der Waals surface area contributed by atoms with Gasteiger partial charge in [0.2, 0.25) is 5.91 Å². The molecule has 132 valence electrons. The fourth-order valence-electron chi connectivity index (χ4n) is 3.53. The highest BCUT2D eigenvalue weighted by Gasteiger charge is 2.50. The van der Waals surface area contributed by atoms with Crippen molar-refractivity contribution < 1.29 is 13.2 Å². The van der Waals surface area contributed by atoms with Crippen LogP contribution in [0.15, 0.2) is 24.3 Å². The number of rotatable bonds is 5. The third-order valence-corrected chi connectivity index (χ3v) is 7.70. The zero-order valence-corrected chi connectivity index (χ0v) is 15.3. The first kappa shape index (κ1) is 17.7. The van der Waals surface area contributed by atoms with Crippen LogP contribution in [-0.4, -0.2) is 45.0 Å². The number of hydrogen-bond acceptors (Lipinski definition) is 4. The Bertz CT molecular complexity index is 721. The first-order chi connectivity index (χ1) is 11.3. The molecular weight excluding hydrogens is 348 g/mol. The summed E-state index contributed by atoms with van der Waals surface area (Å²) in [4.78, 5) is 12.8. The van der Waals surface area contributed by atoms with Crippen LogP contribution in [-0.2, 0) is 20.0 Å². The fraction of sp³-hybridized carbons (Fsp3) is 0.588. The summed E-state index contributed by atoms with van der Waals surface area (Å²) in [7, 11) is -3.47. The van der Waals surface area contributed by atoms with Gasteiger partial charge in [-0.3, -0.25) is 4.79 Å². The SMILES string of the molecule is CS(=O)(=O)C1(C(=O)NCC2(c3ccc(Cl)cc3)CC2)CCNCC1. The molecule has 1 aliphatic heterocycles. The maximum atomic E-state index is 12.8. The first-order valence-electron chi connectivity index (χ1n) is 8.24. The summed E-state index contributed by atoms with van der Waals surface area (Å²) >= 11 is 5.94. The molecule has 0 aromatic heterocycles. The van der Waals surface area contributed by atoms with E-state index in [2.05, 4.69) is 10.6 Å². The van der Waals surface area contributed by atoms with Gasteiger partial charge in [-0.1, -0.05) is 23.7 Å². The number of nitrogens with one attached hydrogen (secondary N) is 2. The smallest absolute Gasteiger partial charge is 0.241 e. The van der Waals surface area contributed by atoms with E-state index in [1.807, 2.05) is 24.3 Å². The Labute approximate surface area is 148 Å². The van der Waals surface area contributed by atoms with Gasteiger partial charge in [-0.15, -0.1) is 0 Å². The van der Waals surface area contributed by atoms with Crippen molar-refractivity contribution in [3.63, 3.8) is 0 Å². The summed E-state index contributed by atoms with van der Waals surface area (Å²) in [5.41, 5.74) is 1.07. The van der Waals surface area contributed by atoms with Crippen LogP contribution in [0.1, 0.15) is 31.2 Å². The van der Waals surface area contributed by atoms with Crippen LogP contribution in [0.4, 0.5) is 0 Å². The zero-order chi connectivity index (χ0) is 17.4. The minimum atomic E-state index is -3.47. The highest BCUT2D eigenvalue weighted by Crippen LogP contribution is 2.48. The topological polar surface area (TPSA) is 75.3 Å². The second-order valence-corrected chi connectivity index (χ2v) is 9.75. The molecule has 1 heterocycles. The largest absolute Gasteiger partial charge is 0.354 e. The molecule has 1 aliphatic carbocycles. The first-order valence-corrected chi connectivity index (χ1v) is 10.5. The summed E-state index contributed by atoms with van der Waals surface area (Å²) < 4.78 is 23.3. The lowest BCUT2D eigenvalue weighted by Crippen LogP contribution is -2.58. The predicted molar refractivity (Wildman–Crippen MR) is 95.1 cm³/mol. The lowest BCUT2D eigenvalue weighted by molar-refractivity contribution is -0.124. The van der Waals surface area contributed by atoms with Crippen LogP contribution in [0.5, 0.6) is 0 Å². The summed E-state index contributed by atoms with van der Waals surface area (Å²) in [6.45, 7) is 1.56. The van der Waals surface area contributed by atoms with Crippen molar-refractivity contribution in [2.45, 2.75) is 35.8 Å². The normalized spacial score (nSPS) is 21.9. The highest BCUT2D eigenvalue weighted by molar-refractivity contribution is 7.92. The van der Waals surface area contributed by atoms with E-state index < -0.39 is 14.6 Å². The molecule has 0 bridgehead atoms. The van der Waals surface area contributed by atoms with Gasteiger partial charge in [0.25, 0.3) is 0 Å². The maximum absolute atomic E-state index is 12.8. The second kappa shape index (κ2) is 6.32. The molecule has 7 heteroatoms. The standard InChI is InChI=1S/C17H23ClN2O3S/c1-24(22,23)17(8-10-19-11-9-17)15(21)20-12-16(6-7-16)13-2-4-14(18)5-3-13/h2-5,19H,6-12H2,1H3,(H,20,21). The minimum Gasteiger partial charge on any atom is -0.354 e. The lowest BCUT2D eigenvalue weighted by atomic mass is 9.93. The molecule has 1 aromatic rings. The molecule has 0 unspecified atom stereocenters. The third kappa shape index (κ3) is 3.19. The number of amides is 1. The number of halogens is 1. The van der Waals surface area contributed by atoms with Gasteiger partial charge in [0.05, 0.1) is 0 Å². The number of benzene rings is 1. The number of sulfone groups is 1. The summed E-state index contributed by atoms with van der Waals surface area (Å²) in [5, 5.41) is 6.75. The summed E-state index contributed by atoms with van der Waals surface area (Å²) in [5.74, 6) is -0.355. The molecule has 2 aliphatic rings. The molecular formula is C17H23ClN2O3S. The number of carbonyl (C=O) groups excluding carboxylic acids is 1. The van der Waals surface area contributed by atoms with Crippen molar-refractivity contribution in [1.29, 1.82) is 0 Å². The monoisotopic (exact) mass is 370 g/mol. The number of hydrogen-bond donors (Lipinski definition) is 2. The van der Waals surface area contributed by atoms with Gasteiger partial charge in [0.15, 0.2) is 14.6 Å². The quantitative estimate of drug-likeness (QED) is 0.826. The molecule has 24 heavy (non-hydrogen) atoms. The third-order valence-electron chi connectivity index (χ3n) is 5.43. The second-order valence-electron chi connectivity index (χ2n) is 6.99. The maximum Gasteiger partial charge on any atom is 0.241 e. The minimum absolute atomic E-state index is 0.0775. The van der Waals surface area contributed by atoms with Crippen molar-refractivity contribution in [1.82, 2.24) is 10.6 Å². The van der Waals surface area contributed by atoms with Gasteiger partial charge in [-0.05, 0) is 56.5 Å². The Morgan fingerprint density at radius 1 is 1.17 bits per heavy atom. The van der Waals surface area contributed by atoms with Crippen molar-refractivity contribution in [3.05, 3.63) is 34.9 Å². The van der Waals surface area contributed by atoms with Gasteiger partial charge in [-0.2, -0.15) is 0 Å². The zero-order valence-electron chi connectivity index (χ0n) is 13.8. The molecule has 5 nitrogen and oxygen atoms in total. The van der Waals surface area contributed by atoms with Gasteiger partial charge in [0, 0.05) is 23.2 Å². The number of piperidine rings is 1. The van der Waals surface area contributed by atoms with E-state index in [0.29, 0.717) is 37.5 Å². The van der Waals surface area contributed by atoms with Gasteiger partial charge < -0.3 is 10.6 Å². The van der Waals surface area contributed by atoms with Crippen LogP contribution < -0.4 is 10.6 Å². The molecule has 3 rings (SSSR count).